The molecular formula is C14H21N. The highest BCUT2D eigenvalue weighted by Gasteiger charge is 2.19. The van der Waals surface area contributed by atoms with Crippen LogP contribution in [0.15, 0.2) is 24.3 Å². The molecule has 0 saturated carbocycles. The zero-order chi connectivity index (χ0) is 10.7. The number of rotatable bonds is 3. The van der Waals surface area contributed by atoms with Gasteiger partial charge < -0.3 is 5.32 Å². The van der Waals surface area contributed by atoms with Crippen LogP contribution in [0, 0.1) is 5.92 Å². The third kappa shape index (κ3) is 2.53. The first-order chi connectivity index (χ1) is 7.27. The van der Waals surface area contributed by atoms with E-state index in [0.717, 1.165) is 18.4 Å². The fourth-order valence-electron chi connectivity index (χ4n) is 2.38. The first-order valence-electron chi connectivity index (χ1n) is 6.10. The standard InChI is InChI=1S/C14H21N/c1-11(2)7-8-12-9-10-15-14-6-4-3-5-13(12)14/h3-6,11-12,15H,7-10H2,1-2H3. The van der Waals surface area contributed by atoms with Crippen molar-refractivity contribution in [3.63, 3.8) is 0 Å². The van der Waals surface area contributed by atoms with E-state index in [1.54, 1.807) is 0 Å². The molecule has 1 aromatic rings. The minimum atomic E-state index is 0.782. The number of anilines is 1. The maximum absolute atomic E-state index is 3.48. The molecule has 1 aliphatic heterocycles. The molecule has 0 fully saturated rings. The van der Waals surface area contributed by atoms with Gasteiger partial charge in [-0.2, -0.15) is 0 Å². The second-order valence-electron chi connectivity index (χ2n) is 4.97. The van der Waals surface area contributed by atoms with Gasteiger partial charge in [-0.1, -0.05) is 38.5 Å². The first kappa shape index (κ1) is 10.5. The van der Waals surface area contributed by atoms with E-state index in [9.17, 15) is 0 Å². The van der Waals surface area contributed by atoms with E-state index in [2.05, 4.69) is 43.4 Å². The highest BCUT2D eigenvalue weighted by Crippen LogP contribution is 2.34. The number of benzene rings is 1. The molecule has 0 aromatic heterocycles. The Balaban J connectivity index is 2.08. The van der Waals surface area contributed by atoms with Gasteiger partial charge in [0.15, 0.2) is 0 Å². The van der Waals surface area contributed by atoms with E-state index >= 15 is 0 Å². The monoisotopic (exact) mass is 203 g/mol. The molecule has 0 saturated heterocycles. The lowest BCUT2D eigenvalue weighted by atomic mass is 9.86. The highest BCUT2D eigenvalue weighted by molar-refractivity contribution is 5.54. The van der Waals surface area contributed by atoms with Crippen LogP contribution in [0.2, 0.25) is 0 Å². The summed E-state index contributed by atoms with van der Waals surface area (Å²) in [5, 5.41) is 3.48. The number of hydrogen-bond donors (Lipinski definition) is 1. The normalized spacial score (nSPS) is 19.8. The SMILES string of the molecule is CC(C)CCC1CCNc2ccccc21. The number of nitrogens with one attached hydrogen (secondary N) is 1. The molecule has 2 rings (SSSR count). The molecule has 1 atom stereocenters. The average molecular weight is 203 g/mol. The Kier molecular flexibility index (Phi) is 3.30. The molecule has 0 amide bonds. The van der Waals surface area contributed by atoms with Crippen molar-refractivity contribution < 1.29 is 0 Å². The van der Waals surface area contributed by atoms with Crippen LogP contribution >= 0.6 is 0 Å². The van der Waals surface area contributed by atoms with Gasteiger partial charge in [0.25, 0.3) is 0 Å². The maximum atomic E-state index is 3.48. The van der Waals surface area contributed by atoms with Crippen molar-refractivity contribution in [2.75, 3.05) is 11.9 Å². The Morgan fingerprint density at radius 3 is 2.93 bits per heavy atom. The van der Waals surface area contributed by atoms with Gasteiger partial charge in [-0.3, -0.25) is 0 Å². The van der Waals surface area contributed by atoms with Gasteiger partial charge >= 0.3 is 0 Å². The van der Waals surface area contributed by atoms with Crippen molar-refractivity contribution >= 4 is 5.69 Å². The summed E-state index contributed by atoms with van der Waals surface area (Å²) in [6.45, 7) is 5.76. The summed E-state index contributed by atoms with van der Waals surface area (Å²) in [6.07, 6.45) is 3.99. The Labute approximate surface area is 92.9 Å². The lowest BCUT2D eigenvalue weighted by molar-refractivity contribution is 0.482. The Morgan fingerprint density at radius 2 is 2.13 bits per heavy atom. The number of para-hydroxylation sites is 1. The van der Waals surface area contributed by atoms with E-state index in [0.29, 0.717) is 0 Å². The van der Waals surface area contributed by atoms with E-state index in [-0.39, 0.29) is 0 Å². The summed E-state index contributed by atoms with van der Waals surface area (Å²) < 4.78 is 0. The van der Waals surface area contributed by atoms with Gasteiger partial charge in [-0.15, -0.1) is 0 Å². The molecule has 82 valence electrons. The second kappa shape index (κ2) is 4.69. The van der Waals surface area contributed by atoms with Crippen molar-refractivity contribution in [1.29, 1.82) is 0 Å². The number of hydrogen-bond acceptors (Lipinski definition) is 1. The van der Waals surface area contributed by atoms with Gasteiger partial charge in [0.05, 0.1) is 0 Å². The quantitative estimate of drug-likeness (QED) is 0.782. The van der Waals surface area contributed by atoms with Gasteiger partial charge in [-0.05, 0) is 36.3 Å². The third-order valence-corrected chi connectivity index (χ3v) is 3.30. The summed E-state index contributed by atoms with van der Waals surface area (Å²) in [5.74, 6) is 1.61. The smallest absolute Gasteiger partial charge is 0.0375 e. The molecule has 0 bridgehead atoms. The second-order valence-corrected chi connectivity index (χ2v) is 4.97. The van der Waals surface area contributed by atoms with Crippen LogP contribution in [0.3, 0.4) is 0 Å². The van der Waals surface area contributed by atoms with Gasteiger partial charge in [-0.25, -0.2) is 0 Å². The lowest BCUT2D eigenvalue weighted by Crippen LogP contribution is -2.17. The zero-order valence-electron chi connectivity index (χ0n) is 9.79. The fraction of sp³-hybridized carbons (Fsp3) is 0.571. The van der Waals surface area contributed by atoms with Crippen molar-refractivity contribution in [3.8, 4) is 0 Å². The van der Waals surface area contributed by atoms with Gasteiger partial charge in [0.2, 0.25) is 0 Å². The van der Waals surface area contributed by atoms with Crippen molar-refractivity contribution in [2.24, 2.45) is 5.92 Å². The molecule has 1 nitrogen and oxygen atoms in total. The van der Waals surface area contributed by atoms with E-state index in [4.69, 9.17) is 0 Å². The predicted octanol–water partition coefficient (Wildman–Crippen LogP) is 4.02. The largest absolute Gasteiger partial charge is 0.385 e. The van der Waals surface area contributed by atoms with Crippen molar-refractivity contribution in [1.82, 2.24) is 0 Å². The molecule has 0 aliphatic carbocycles. The molecule has 1 aliphatic rings. The summed E-state index contributed by atoms with van der Waals surface area (Å²) >= 11 is 0. The van der Waals surface area contributed by atoms with Crippen LogP contribution < -0.4 is 5.32 Å². The van der Waals surface area contributed by atoms with Gasteiger partial charge in [0, 0.05) is 12.2 Å². The molecule has 1 heteroatoms. The van der Waals surface area contributed by atoms with E-state index < -0.39 is 0 Å². The summed E-state index contributed by atoms with van der Waals surface area (Å²) in [5.41, 5.74) is 2.89. The van der Waals surface area contributed by atoms with Crippen LogP contribution in [-0.4, -0.2) is 6.54 Å². The third-order valence-electron chi connectivity index (χ3n) is 3.30. The van der Waals surface area contributed by atoms with Gasteiger partial charge in [0.1, 0.15) is 0 Å². The van der Waals surface area contributed by atoms with Crippen LogP contribution in [0.1, 0.15) is 44.6 Å². The molecule has 0 radical (unpaired) electrons. The van der Waals surface area contributed by atoms with Crippen LogP contribution in [0.4, 0.5) is 5.69 Å². The average Bonchev–Trinajstić information content (AvgIpc) is 2.26. The molecule has 1 heterocycles. The summed E-state index contributed by atoms with van der Waals surface area (Å²) in [6, 6.07) is 8.77. The predicted molar refractivity (Wildman–Crippen MR) is 66.4 cm³/mol. The van der Waals surface area contributed by atoms with E-state index in [1.165, 1.54) is 30.5 Å². The Morgan fingerprint density at radius 1 is 1.33 bits per heavy atom. The molecular weight excluding hydrogens is 182 g/mol. The Hall–Kier alpha value is -0.980. The molecule has 1 N–H and O–H groups in total. The Bertz CT molecular complexity index is 317. The first-order valence-corrected chi connectivity index (χ1v) is 6.10. The summed E-state index contributed by atoms with van der Waals surface area (Å²) in [4.78, 5) is 0. The summed E-state index contributed by atoms with van der Waals surface area (Å²) in [7, 11) is 0. The molecule has 1 unspecified atom stereocenters. The molecule has 1 aromatic carbocycles. The van der Waals surface area contributed by atoms with E-state index in [1.807, 2.05) is 0 Å². The minimum Gasteiger partial charge on any atom is -0.385 e. The van der Waals surface area contributed by atoms with Crippen LogP contribution in [0.5, 0.6) is 0 Å². The minimum absolute atomic E-state index is 0.782. The fourth-order valence-corrected chi connectivity index (χ4v) is 2.38. The molecule has 15 heavy (non-hydrogen) atoms. The van der Waals surface area contributed by atoms with Crippen molar-refractivity contribution in [2.45, 2.75) is 39.0 Å². The topological polar surface area (TPSA) is 12.0 Å². The zero-order valence-corrected chi connectivity index (χ0v) is 9.79. The molecule has 0 spiro atoms. The van der Waals surface area contributed by atoms with Crippen LogP contribution in [0.25, 0.3) is 0 Å². The lowest BCUT2D eigenvalue weighted by Gasteiger charge is -2.27. The number of fused-ring (bicyclic) bond motifs is 1. The maximum Gasteiger partial charge on any atom is 0.0375 e. The van der Waals surface area contributed by atoms with Crippen molar-refractivity contribution in [3.05, 3.63) is 29.8 Å². The highest BCUT2D eigenvalue weighted by atomic mass is 14.9. The van der Waals surface area contributed by atoms with Crippen LogP contribution in [-0.2, 0) is 0 Å².